The van der Waals surface area contributed by atoms with Crippen molar-refractivity contribution in [2.45, 2.75) is 30.6 Å². The predicted molar refractivity (Wildman–Crippen MR) is 176 cm³/mol. The zero-order valence-electron chi connectivity index (χ0n) is 24.9. The van der Waals surface area contributed by atoms with Crippen LogP contribution < -0.4 is 16.0 Å². The molecule has 0 bridgehead atoms. The first-order valence-electron chi connectivity index (χ1n) is 14.9. The smallest absolute Gasteiger partial charge is 0.265 e. The summed E-state index contributed by atoms with van der Waals surface area (Å²) in [7, 11) is 0. The fourth-order valence-corrected chi connectivity index (χ4v) is 6.70. The lowest BCUT2D eigenvalue weighted by Gasteiger charge is -2.18. The summed E-state index contributed by atoms with van der Waals surface area (Å²) in [4.78, 5) is 42.4. The summed E-state index contributed by atoms with van der Waals surface area (Å²) in [5.74, 6) is -1.03. The molecule has 4 N–H and O–H groups in total. The van der Waals surface area contributed by atoms with Gasteiger partial charge in [0.1, 0.15) is 16.7 Å². The highest BCUT2D eigenvalue weighted by atomic mass is 32.2. The van der Waals surface area contributed by atoms with E-state index in [0.29, 0.717) is 30.8 Å². The molecule has 0 aliphatic carbocycles. The molecule has 2 saturated heterocycles. The van der Waals surface area contributed by atoms with Gasteiger partial charge in [0.15, 0.2) is 0 Å². The molecule has 2 aliphatic heterocycles. The van der Waals surface area contributed by atoms with E-state index < -0.39 is 17.2 Å². The number of aliphatic hydroxyl groups excluding tert-OH is 1. The van der Waals surface area contributed by atoms with Crippen molar-refractivity contribution in [1.82, 2.24) is 20.4 Å². The first-order valence-corrected chi connectivity index (χ1v) is 15.8. The molecule has 0 radical (unpaired) electrons. The second kappa shape index (κ2) is 14.9. The maximum absolute atomic E-state index is 13.2. The molecule has 3 amide bonds. The van der Waals surface area contributed by atoms with Gasteiger partial charge in [-0.2, -0.15) is 5.26 Å². The van der Waals surface area contributed by atoms with Gasteiger partial charge in [-0.05, 0) is 73.0 Å². The second-order valence-electron chi connectivity index (χ2n) is 10.9. The highest BCUT2D eigenvalue weighted by Crippen LogP contribution is 2.39. The zero-order valence-corrected chi connectivity index (χ0v) is 25.7. The second-order valence-corrected chi connectivity index (χ2v) is 12.1. The molecule has 3 aromatic carbocycles. The summed E-state index contributed by atoms with van der Waals surface area (Å²) in [6.07, 6.45) is 4.10. The Labute approximate surface area is 266 Å². The number of anilines is 1. The third kappa shape index (κ3) is 7.54. The number of nitrogens with one attached hydrogen (secondary N) is 3. The van der Waals surface area contributed by atoms with Gasteiger partial charge in [-0.1, -0.05) is 60.8 Å². The Balaban J connectivity index is 1.19. The Morgan fingerprint density at radius 2 is 1.82 bits per heavy atom. The SMILES string of the molecule is C=CN1C(=O)C(CCNc2ccc3cc(C(=O)NCN4CCCC4)ccc3c2)S/C1=C(/C#N)C(=O)NC(CO)c1ccccc1. The standard InChI is InChI=1S/C34H36N6O4S/c1-2-40-33(44)30(45-34(40)28(20-35)32(43)38-29(21-41)23-8-4-3-5-9-23)14-15-36-27-13-12-24-18-26(11-10-25(24)19-27)31(42)37-22-39-16-6-7-17-39/h2-5,8-13,18-19,29-30,36,41H,1,6-7,14-17,21-22H2,(H,37,42)(H,38,43)/b34-28-. The average Bonchev–Trinajstić information content (AvgIpc) is 3.70. The minimum absolute atomic E-state index is 0.0897. The molecular formula is C34H36N6O4S. The van der Waals surface area contributed by atoms with E-state index in [1.807, 2.05) is 48.5 Å². The zero-order chi connectivity index (χ0) is 31.8. The Morgan fingerprint density at radius 3 is 2.53 bits per heavy atom. The number of amides is 3. The monoisotopic (exact) mass is 624 g/mol. The number of likely N-dealkylation sites (tertiary alicyclic amines) is 1. The maximum Gasteiger partial charge on any atom is 0.265 e. The summed E-state index contributed by atoms with van der Waals surface area (Å²) < 4.78 is 0. The van der Waals surface area contributed by atoms with Gasteiger partial charge in [-0.3, -0.25) is 24.2 Å². The number of nitriles is 1. The normalized spacial score (nSPS) is 18.4. The van der Waals surface area contributed by atoms with Crippen molar-refractivity contribution in [2.75, 3.05) is 38.2 Å². The minimum Gasteiger partial charge on any atom is -0.394 e. The van der Waals surface area contributed by atoms with Crippen molar-refractivity contribution < 1.29 is 19.5 Å². The molecule has 0 aromatic heterocycles. The first kappa shape index (κ1) is 31.8. The molecule has 2 fully saturated rings. The molecule has 5 rings (SSSR count). The number of thioether (sulfide) groups is 1. The van der Waals surface area contributed by atoms with Crippen molar-refractivity contribution in [3.8, 4) is 6.07 Å². The van der Waals surface area contributed by atoms with Gasteiger partial charge < -0.3 is 21.1 Å². The largest absolute Gasteiger partial charge is 0.394 e. The Morgan fingerprint density at radius 1 is 1.09 bits per heavy atom. The van der Waals surface area contributed by atoms with E-state index in [1.165, 1.54) is 23.9 Å². The molecule has 0 saturated carbocycles. The van der Waals surface area contributed by atoms with Crippen LogP contribution in [0.2, 0.25) is 0 Å². The van der Waals surface area contributed by atoms with Crippen LogP contribution in [-0.2, 0) is 9.59 Å². The maximum atomic E-state index is 13.2. The quantitative estimate of drug-likeness (QED) is 0.175. The summed E-state index contributed by atoms with van der Waals surface area (Å²) in [5.41, 5.74) is 1.97. The van der Waals surface area contributed by atoms with Gasteiger partial charge >= 0.3 is 0 Å². The van der Waals surface area contributed by atoms with Crippen LogP contribution in [0.4, 0.5) is 5.69 Å². The minimum atomic E-state index is -0.701. The fraction of sp³-hybridized carbons (Fsp3) is 0.294. The van der Waals surface area contributed by atoms with Gasteiger partial charge in [-0.15, -0.1) is 0 Å². The summed E-state index contributed by atoms with van der Waals surface area (Å²) in [6, 6.07) is 21.7. The molecular weight excluding hydrogens is 588 g/mol. The van der Waals surface area contributed by atoms with Gasteiger partial charge in [-0.25, -0.2) is 0 Å². The molecule has 2 atom stereocenters. The number of aliphatic hydroxyl groups is 1. The predicted octanol–water partition coefficient (Wildman–Crippen LogP) is 4.10. The number of nitrogens with zero attached hydrogens (tertiary/aromatic N) is 3. The number of carbonyl (C=O) groups is 3. The highest BCUT2D eigenvalue weighted by molar-refractivity contribution is 8.04. The van der Waals surface area contributed by atoms with Gasteiger partial charge in [0, 0.05) is 24.0 Å². The summed E-state index contributed by atoms with van der Waals surface area (Å²) >= 11 is 1.15. The van der Waals surface area contributed by atoms with E-state index in [9.17, 15) is 24.8 Å². The molecule has 2 heterocycles. The number of rotatable bonds is 12. The van der Waals surface area contributed by atoms with Gasteiger partial charge in [0.2, 0.25) is 5.91 Å². The van der Waals surface area contributed by atoms with Crippen molar-refractivity contribution in [3.63, 3.8) is 0 Å². The molecule has 2 aliphatic rings. The van der Waals surface area contributed by atoms with Crippen LogP contribution in [0.1, 0.15) is 41.2 Å². The van der Waals surface area contributed by atoms with Crippen LogP contribution in [0.5, 0.6) is 0 Å². The van der Waals surface area contributed by atoms with Crippen LogP contribution in [0.3, 0.4) is 0 Å². The lowest BCUT2D eigenvalue weighted by atomic mass is 10.1. The fourth-order valence-electron chi connectivity index (χ4n) is 5.45. The van der Waals surface area contributed by atoms with E-state index in [0.717, 1.165) is 41.3 Å². The molecule has 3 aromatic rings. The van der Waals surface area contributed by atoms with Crippen LogP contribution >= 0.6 is 11.8 Å². The van der Waals surface area contributed by atoms with E-state index in [4.69, 9.17) is 0 Å². The molecule has 45 heavy (non-hydrogen) atoms. The highest BCUT2D eigenvalue weighted by Gasteiger charge is 2.38. The van der Waals surface area contributed by atoms with Crippen LogP contribution in [-0.4, -0.2) is 70.8 Å². The van der Waals surface area contributed by atoms with Crippen molar-refractivity contribution in [3.05, 3.63) is 101 Å². The summed E-state index contributed by atoms with van der Waals surface area (Å²) in [6.45, 7) is 6.44. The van der Waals surface area contributed by atoms with Crippen LogP contribution in [0, 0.1) is 11.3 Å². The third-order valence-electron chi connectivity index (χ3n) is 7.91. The lowest BCUT2D eigenvalue weighted by Crippen LogP contribution is -2.35. The van der Waals surface area contributed by atoms with Crippen molar-refractivity contribution >= 4 is 45.9 Å². The van der Waals surface area contributed by atoms with Crippen molar-refractivity contribution in [2.24, 2.45) is 0 Å². The molecule has 232 valence electrons. The number of fused-ring (bicyclic) bond motifs is 1. The Bertz CT molecular complexity index is 1650. The Hall–Kier alpha value is -4.63. The lowest BCUT2D eigenvalue weighted by molar-refractivity contribution is -0.125. The Kier molecular flexibility index (Phi) is 10.5. The first-order chi connectivity index (χ1) is 21.9. The number of hydrogen-bond acceptors (Lipinski definition) is 8. The number of benzene rings is 3. The molecule has 0 spiro atoms. The van der Waals surface area contributed by atoms with Crippen LogP contribution in [0.15, 0.2) is 90.1 Å². The molecule has 10 nitrogen and oxygen atoms in total. The number of carbonyl (C=O) groups excluding carboxylic acids is 3. The van der Waals surface area contributed by atoms with Crippen molar-refractivity contribution in [1.29, 1.82) is 5.26 Å². The number of hydrogen-bond donors (Lipinski definition) is 4. The van der Waals surface area contributed by atoms with Gasteiger partial charge in [0.05, 0.1) is 24.6 Å². The topological polar surface area (TPSA) is 138 Å². The van der Waals surface area contributed by atoms with E-state index >= 15 is 0 Å². The molecule has 11 heteroatoms. The third-order valence-corrected chi connectivity index (χ3v) is 9.26. The van der Waals surface area contributed by atoms with Gasteiger partial charge in [0.25, 0.3) is 11.8 Å². The average molecular weight is 625 g/mol. The van der Waals surface area contributed by atoms with E-state index in [1.54, 1.807) is 24.3 Å². The molecule has 2 unspecified atom stereocenters. The van der Waals surface area contributed by atoms with E-state index in [2.05, 4.69) is 27.4 Å². The van der Waals surface area contributed by atoms with Crippen LogP contribution in [0.25, 0.3) is 10.8 Å². The summed E-state index contributed by atoms with van der Waals surface area (Å²) in [5, 5.41) is 30.4. The van der Waals surface area contributed by atoms with E-state index in [-0.39, 0.29) is 29.0 Å².